The van der Waals surface area contributed by atoms with Crippen LogP contribution in [0.3, 0.4) is 0 Å². The van der Waals surface area contributed by atoms with Crippen molar-refractivity contribution in [2.75, 3.05) is 12.9 Å². The molecule has 0 unspecified atom stereocenters. The van der Waals surface area contributed by atoms with Gasteiger partial charge < -0.3 is 4.74 Å². The van der Waals surface area contributed by atoms with E-state index in [2.05, 4.69) is 21.3 Å². The molecule has 1 heterocycles. The highest BCUT2D eigenvalue weighted by atomic mass is 32.2. The smallest absolute Gasteiger partial charge is 0.196 e. The van der Waals surface area contributed by atoms with Crippen LogP contribution in [0.2, 0.25) is 0 Å². The summed E-state index contributed by atoms with van der Waals surface area (Å²) in [4.78, 5) is 0. The average molecular weight is 323 g/mol. The Balaban J connectivity index is 2.08. The van der Waals surface area contributed by atoms with E-state index in [0.29, 0.717) is 0 Å². The van der Waals surface area contributed by atoms with Crippen LogP contribution in [0.1, 0.15) is 0 Å². The molecular formula is C18H17N3OS. The summed E-state index contributed by atoms with van der Waals surface area (Å²) < 4.78 is 7.29. The van der Waals surface area contributed by atoms with E-state index in [1.807, 2.05) is 60.7 Å². The molecule has 0 amide bonds. The normalized spacial score (nSPS) is 10.5. The Labute approximate surface area is 139 Å². The van der Waals surface area contributed by atoms with Gasteiger partial charge in [-0.2, -0.15) is 0 Å². The molecule has 23 heavy (non-hydrogen) atoms. The topological polar surface area (TPSA) is 39.9 Å². The van der Waals surface area contributed by atoms with Crippen molar-refractivity contribution in [1.29, 1.82) is 0 Å². The maximum Gasteiger partial charge on any atom is 0.196 e. The number of benzene rings is 2. The fraction of sp³-hybridized carbons (Fsp3) is 0.111. The van der Waals surface area contributed by atoms with Crippen LogP contribution >= 0.6 is 11.8 Å². The molecule has 5 heteroatoms. The zero-order valence-electron chi connectivity index (χ0n) is 12.8. The van der Waals surface area contributed by atoms with Gasteiger partial charge in [-0.05, 0) is 36.4 Å². The Kier molecular flexibility index (Phi) is 4.78. The number of ether oxygens (including phenoxy) is 1. The van der Waals surface area contributed by atoms with Crippen molar-refractivity contribution in [2.24, 2.45) is 0 Å². The lowest BCUT2D eigenvalue weighted by Gasteiger charge is -2.10. The Morgan fingerprint density at radius 1 is 1.09 bits per heavy atom. The van der Waals surface area contributed by atoms with Crippen LogP contribution in [-0.2, 0) is 0 Å². The molecule has 0 saturated carbocycles. The van der Waals surface area contributed by atoms with E-state index < -0.39 is 0 Å². The second-order valence-corrected chi connectivity index (χ2v) is 5.79. The largest absolute Gasteiger partial charge is 0.497 e. The number of thioether (sulfide) groups is 1. The molecule has 0 aliphatic heterocycles. The summed E-state index contributed by atoms with van der Waals surface area (Å²) in [5.41, 5.74) is 2.03. The third kappa shape index (κ3) is 3.29. The van der Waals surface area contributed by atoms with Crippen molar-refractivity contribution in [1.82, 2.24) is 14.8 Å². The highest BCUT2D eigenvalue weighted by molar-refractivity contribution is 7.99. The van der Waals surface area contributed by atoms with Crippen LogP contribution in [0.4, 0.5) is 0 Å². The molecule has 0 bridgehead atoms. The van der Waals surface area contributed by atoms with Gasteiger partial charge in [0.15, 0.2) is 11.0 Å². The standard InChI is InChI=1S/C18H17N3OS/c1-3-13-23-18-20-19-17(14-9-11-16(22-2)12-10-14)21(18)15-7-5-4-6-8-15/h3-12H,1,13H2,2H3. The number of hydrogen-bond donors (Lipinski definition) is 0. The molecule has 116 valence electrons. The lowest BCUT2D eigenvalue weighted by atomic mass is 10.2. The molecule has 2 aromatic carbocycles. The van der Waals surface area contributed by atoms with Crippen molar-refractivity contribution in [3.05, 3.63) is 67.3 Å². The summed E-state index contributed by atoms with van der Waals surface area (Å²) in [5.74, 6) is 2.42. The maximum absolute atomic E-state index is 5.22. The highest BCUT2D eigenvalue weighted by Gasteiger charge is 2.15. The van der Waals surface area contributed by atoms with E-state index in [-0.39, 0.29) is 0 Å². The van der Waals surface area contributed by atoms with Gasteiger partial charge in [0.1, 0.15) is 5.75 Å². The van der Waals surface area contributed by atoms with Gasteiger partial charge in [-0.15, -0.1) is 16.8 Å². The van der Waals surface area contributed by atoms with Crippen LogP contribution in [0.15, 0.2) is 72.4 Å². The van der Waals surface area contributed by atoms with E-state index in [4.69, 9.17) is 4.74 Å². The molecule has 0 spiro atoms. The van der Waals surface area contributed by atoms with E-state index in [9.17, 15) is 0 Å². The van der Waals surface area contributed by atoms with Gasteiger partial charge >= 0.3 is 0 Å². The van der Waals surface area contributed by atoms with Crippen LogP contribution in [0, 0.1) is 0 Å². The first-order valence-corrected chi connectivity index (χ1v) is 8.21. The molecule has 0 aliphatic carbocycles. The molecular weight excluding hydrogens is 306 g/mol. The third-order valence-electron chi connectivity index (χ3n) is 3.33. The molecule has 4 nitrogen and oxygen atoms in total. The van der Waals surface area contributed by atoms with E-state index >= 15 is 0 Å². The zero-order valence-corrected chi connectivity index (χ0v) is 13.7. The second-order valence-electron chi connectivity index (χ2n) is 4.81. The molecule has 0 radical (unpaired) electrons. The Morgan fingerprint density at radius 2 is 1.83 bits per heavy atom. The van der Waals surface area contributed by atoms with Gasteiger partial charge in [-0.1, -0.05) is 36.0 Å². The second kappa shape index (κ2) is 7.15. The molecule has 0 aliphatic rings. The Morgan fingerprint density at radius 3 is 2.48 bits per heavy atom. The fourth-order valence-electron chi connectivity index (χ4n) is 2.23. The lowest BCUT2D eigenvalue weighted by molar-refractivity contribution is 0.415. The van der Waals surface area contributed by atoms with E-state index in [1.165, 1.54) is 0 Å². The van der Waals surface area contributed by atoms with Crippen molar-refractivity contribution in [3.8, 4) is 22.8 Å². The van der Waals surface area contributed by atoms with E-state index in [1.54, 1.807) is 18.9 Å². The number of para-hydroxylation sites is 1. The van der Waals surface area contributed by atoms with E-state index in [0.717, 1.165) is 33.7 Å². The number of nitrogens with zero attached hydrogens (tertiary/aromatic N) is 3. The first-order chi connectivity index (χ1) is 11.3. The predicted octanol–water partition coefficient (Wildman–Crippen LogP) is 4.22. The van der Waals surface area contributed by atoms with Gasteiger partial charge in [0, 0.05) is 17.0 Å². The maximum atomic E-state index is 5.22. The molecule has 0 atom stereocenters. The van der Waals surface area contributed by atoms with Crippen LogP contribution in [0.25, 0.3) is 17.1 Å². The molecule has 0 N–H and O–H groups in total. The quantitative estimate of drug-likeness (QED) is 0.503. The number of hydrogen-bond acceptors (Lipinski definition) is 4. The third-order valence-corrected chi connectivity index (χ3v) is 4.25. The molecule has 0 fully saturated rings. The zero-order chi connectivity index (χ0) is 16.1. The van der Waals surface area contributed by atoms with Crippen LogP contribution < -0.4 is 4.74 Å². The van der Waals surface area contributed by atoms with Gasteiger partial charge in [-0.3, -0.25) is 4.57 Å². The summed E-state index contributed by atoms with van der Waals surface area (Å²) in [7, 11) is 1.66. The Bertz CT molecular complexity index is 782. The number of rotatable bonds is 6. The Hall–Kier alpha value is -2.53. The fourth-order valence-corrected chi connectivity index (χ4v) is 2.92. The minimum atomic E-state index is 0.785. The summed E-state index contributed by atoms with van der Waals surface area (Å²) in [5, 5.41) is 9.58. The van der Waals surface area contributed by atoms with Gasteiger partial charge in [-0.25, -0.2) is 0 Å². The summed E-state index contributed by atoms with van der Waals surface area (Å²) in [6.45, 7) is 3.77. The minimum absolute atomic E-state index is 0.785. The predicted molar refractivity (Wildman–Crippen MR) is 94.3 cm³/mol. The average Bonchev–Trinajstić information content (AvgIpc) is 3.04. The monoisotopic (exact) mass is 323 g/mol. The van der Waals surface area contributed by atoms with Crippen molar-refractivity contribution < 1.29 is 4.74 Å². The summed E-state index contributed by atoms with van der Waals surface area (Å²) in [6.07, 6.45) is 1.86. The highest BCUT2D eigenvalue weighted by Crippen LogP contribution is 2.28. The minimum Gasteiger partial charge on any atom is -0.497 e. The molecule has 0 saturated heterocycles. The van der Waals surface area contributed by atoms with Gasteiger partial charge in [0.2, 0.25) is 0 Å². The number of methoxy groups -OCH3 is 1. The van der Waals surface area contributed by atoms with Crippen LogP contribution in [0.5, 0.6) is 5.75 Å². The number of aromatic nitrogens is 3. The first kappa shape index (κ1) is 15.4. The summed E-state index contributed by atoms with van der Waals surface area (Å²) in [6, 6.07) is 17.9. The van der Waals surface area contributed by atoms with Crippen molar-refractivity contribution in [2.45, 2.75) is 5.16 Å². The summed E-state index contributed by atoms with van der Waals surface area (Å²) >= 11 is 1.61. The SMILES string of the molecule is C=CCSc1nnc(-c2ccc(OC)cc2)n1-c1ccccc1. The molecule has 3 aromatic rings. The van der Waals surface area contributed by atoms with Crippen molar-refractivity contribution >= 4 is 11.8 Å². The van der Waals surface area contributed by atoms with Gasteiger partial charge in [0.05, 0.1) is 7.11 Å². The van der Waals surface area contributed by atoms with Crippen LogP contribution in [-0.4, -0.2) is 27.6 Å². The van der Waals surface area contributed by atoms with Gasteiger partial charge in [0.25, 0.3) is 0 Å². The van der Waals surface area contributed by atoms with Crippen molar-refractivity contribution in [3.63, 3.8) is 0 Å². The molecule has 1 aromatic heterocycles. The first-order valence-electron chi connectivity index (χ1n) is 7.22. The molecule has 3 rings (SSSR count). The lowest BCUT2D eigenvalue weighted by Crippen LogP contribution is -1.99.